The van der Waals surface area contributed by atoms with E-state index in [-0.39, 0.29) is 11.3 Å². The van der Waals surface area contributed by atoms with Gasteiger partial charge in [-0.05, 0) is 24.6 Å². The number of carboxylic acid groups (broad SMARTS) is 1. The van der Waals surface area contributed by atoms with Crippen LogP contribution in [-0.2, 0) is 6.54 Å². The van der Waals surface area contributed by atoms with Gasteiger partial charge in [-0.1, -0.05) is 0 Å². The first-order chi connectivity index (χ1) is 9.59. The minimum atomic E-state index is -1.25. The van der Waals surface area contributed by atoms with Crippen molar-refractivity contribution < 1.29 is 14.3 Å². The minimum Gasteiger partial charge on any atom is -0.478 e. The number of benzene rings is 1. The molecule has 1 aromatic carbocycles. The fraction of sp³-hybridized carbons (Fsp3) is 0.231. The zero-order valence-corrected chi connectivity index (χ0v) is 10.7. The summed E-state index contributed by atoms with van der Waals surface area (Å²) in [5.41, 5.74) is 5.19. The quantitative estimate of drug-likeness (QED) is 0.553. The molecule has 0 unspecified atom stereocenters. The summed E-state index contributed by atoms with van der Waals surface area (Å²) in [5.74, 6) is -1.99. The second kappa shape index (κ2) is 6.05. The van der Waals surface area contributed by atoms with Crippen molar-refractivity contribution in [3.8, 4) is 0 Å². The molecule has 106 valence electrons. The molecule has 0 fully saturated rings. The SMILES string of the molecule is Nc1c(F)ccc(NCCCn2cccn2)c1C(=O)O. The number of carboxylic acids is 1. The molecule has 2 rings (SSSR count). The first-order valence-corrected chi connectivity index (χ1v) is 6.12. The Morgan fingerprint density at radius 3 is 2.95 bits per heavy atom. The van der Waals surface area contributed by atoms with Gasteiger partial charge in [-0.15, -0.1) is 0 Å². The third-order valence-corrected chi connectivity index (χ3v) is 2.84. The summed E-state index contributed by atoms with van der Waals surface area (Å²) in [4.78, 5) is 11.1. The van der Waals surface area contributed by atoms with Gasteiger partial charge >= 0.3 is 5.97 Å². The summed E-state index contributed by atoms with van der Waals surface area (Å²) >= 11 is 0. The van der Waals surface area contributed by atoms with Crippen LogP contribution in [0, 0.1) is 5.82 Å². The summed E-state index contributed by atoms with van der Waals surface area (Å²) in [6.07, 6.45) is 4.28. The summed E-state index contributed by atoms with van der Waals surface area (Å²) in [5, 5.41) is 16.1. The molecule has 0 aliphatic rings. The second-order valence-corrected chi connectivity index (χ2v) is 4.24. The van der Waals surface area contributed by atoms with Gasteiger partial charge in [-0.3, -0.25) is 4.68 Å². The summed E-state index contributed by atoms with van der Waals surface area (Å²) in [6.45, 7) is 1.24. The van der Waals surface area contributed by atoms with Gasteiger partial charge in [-0.2, -0.15) is 5.10 Å². The van der Waals surface area contributed by atoms with Gasteiger partial charge in [0.05, 0.1) is 11.4 Å². The standard InChI is InChI=1S/C13H15FN4O2/c14-9-3-4-10(11(12(9)15)13(19)20)16-5-1-7-18-8-2-6-17-18/h2-4,6,8,16H,1,5,7,15H2,(H,19,20). The molecule has 0 bridgehead atoms. The van der Waals surface area contributed by atoms with Gasteiger partial charge in [0, 0.05) is 25.5 Å². The van der Waals surface area contributed by atoms with Crippen LogP contribution in [0.15, 0.2) is 30.6 Å². The Morgan fingerprint density at radius 2 is 2.30 bits per heavy atom. The summed E-state index contributed by atoms with van der Waals surface area (Å²) in [7, 11) is 0. The predicted octanol–water partition coefficient (Wildman–Crippen LogP) is 1.80. The van der Waals surface area contributed by atoms with Gasteiger partial charge in [0.1, 0.15) is 11.4 Å². The van der Waals surface area contributed by atoms with E-state index in [1.165, 1.54) is 6.07 Å². The molecule has 0 amide bonds. The topological polar surface area (TPSA) is 93.2 Å². The molecule has 0 radical (unpaired) electrons. The minimum absolute atomic E-state index is 0.232. The summed E-state index contributed by atoms with van der Waals surface area (Å²) < 4.78 is 15.0. The van der Waals surface area contributed by atoms with E-state index in [4.69, 9.17) is 10.8 Å². The molecule has 1 aromatic heterocycles. The lowest BCUT2D eigenvalue weighted by Crippen LogP contribution is -2.13. The molecular formula is C13H15FN4O2. The monoisotopic (exact) mass is 278 g/mol. The summed E-state index contributed by atoms with van der Waals surface area (Å²) in [6, 6.07) is 4.36. The van der Waals surface area contributed by atoms with Crippen LogP contribution >= 0.6 is 0 Å². The Hall–Kier alpha value is -2.57. The van der Waals surface area contributed by atoms with E-state index in [0.717, 1.165) is 12.5 Å². The van der Waals surface area contributed by atoms with Crippen molar-refractivity contribution in [3.63, 3.8) is 0 Å². The largest absolute Gasteiger partial charge is 0.478 e. The van der Waals surface area contributed by atoms with Crippen LogP contribution in [0.2, 0.25) is 0 Å². The first-order valence-electron chi connectivity index (χ1n) is 6.12. The lowest BCUT2D eigenvalue weighted by molar-refractivity contribution is 0.0698. The van der Waals surface area contributed by atoms with Crippen LogP contribution in [-0.4, -0.2) is 27.4 Å². The fourth-order valence-corrected chi connectivity index (χ4v) is 1.87. The van der Waals surface area contributed by atoms with Crippen LogP contribution in [0.3, 0.4) is 0 Å². The fourth-order valence-electron chi connectivity index (χ4n) is 1.87. The van der Waals surface area contributed by atoms with Crippen LogP contribution < -0.4 is 11.1 Å². The number of rotatable bonds is 6. The first kappa shape index (κ1) is 13.9. The zero-order valence-electron chi connectivity index (χ0n) is 10.7. The number of hydrogen-bond donors (Lipinski definition) is 3. The van der Waals surface area contributed by atoms with Gasteiger partial charge in [0.2, 0.25) is 0 Å². The number of nitrogens with zero attached hydrogens (tertiary/aromatic N) is 2. The maximum atomic E-state index is 13.3. The van der Waals surface area contributed by atoms with Crippen molar-refractivity contribution in [2.45, 2.75) is 13.0 Å². The number of nitrogens with one attached hydrogen (secondary N) is 1. The van der Waals surface area contributed by atoms with Crippen molar-refractivity contribution in [3.05, 3.63) is 42.0 Å². The van der Waals surface area contributed by atoms with E-state index in [2.05, 4.69) is 10.4 Å². The number of nitrogen functional groups attached to an aromatic ring is 1. The molecule has 7 heteroatoms. The molecule has 0 aliphatic heterocycles. The highest BCUT2D eigenvalue weighted by Crippen LogP contribution is 2.25. The average molecular weight is 278 g/mol. The smallest absolute Gasteiger partial charge is 0.340 e. The van der Waals surface area contributed by atoms with Crippen LogP contribution in [0.1, 0.15) is 16.8 Å². The highest BCUT2D eigenvalue weighted by Gasteiger charge is 2.16. The van der Waals surface area contributed by atoms with Crippen LogP contribution in [0.5, 0.6) is 0 Å². The molecule has 2 aromatic rings. The lowest BCUT2D eigenvalue weighted by atomic mass is 10.1. The maximum Gasteiger partial charge on any atom is 0.340 e. The van der Waals surface area contributed by atoms with Crippen LogP contribution in [0.25, 0.3) is 0 Å². The van der Waals surface area contributed by atoms with Gasteiger partial charge in [0.25, 0.3) is 0 Å². The van der Waals surface area contributed by atoms with Crippen molar-refractivity contribution in [1.29, 1.82) is 0 Å². The maximum absolute atomic E-state index is 13.3. The highest BCUT2D eigenvalue weighted by atomic mass is 19.1. The van der Waals surface area contributed by atoms with Gasteiger partial charge < -0.3 is 16.2 Å². The molecule has 0 saturated carbocycles. The van der Waals surface area contributed by atoms with E-state index < -0.39 is 11.8 Å². The molecule has 0 spiro atoms. The Kier molecular flexibility index (Phi) is 4.19. The molecule has 1 heterocycles. The number of halogens is 1. The molecule has 0 atom stereocenters. The second-order valence-electron chi connectivity index (χ2n) is 4.24. The van der Waals surface area contributed by atoms with Gasteiger partial charge in [0.15, 0.2) is 0 Å². The molecule has 6 nitrogen and oxygen atoms in total. The lowest BCUT2D eigenvalue weighted by Gasteiger charge is -2.12. The van der Waals surface area contributed by atoms with Crippen molar-refractivity contribution in [2.75, 3.05) is 17.6 Å². The predicted molar refractivity (Wildman–Crippen MR) is 73.1 cm³/mol. The normalized spacial score (nSPS) is 10.4. The molecule has 0 saturated heterocycles. The molecule has 20 heavy (non-hydrogen) atoms. The third kappa shape index (κ3) is 3.05. The number of aromatic nitrogens is 2. The number of nitrogens with two attached hydrogens (primary N) is 1. The van der Waals surface area contributed by atoms with Crippen molar-refractivity contribution >= 4 is 17.3 Å². The number of carbonyl (C=O) groups is 1. The van der Waals surface area contributed by atoms with E-state index in [0.29, 0.717) is 18.8 Å². The Bertz CT molecular complexity index is 599. The molecular weight excluding hydrogens is 263 g/mol. The zero-order chi connectivity index (χ0) is 14.5. The number of hydrogen-bond acceptors (Lipinski definition) is 4. The number of aromatic carboxylic acids is 1. The average Bonchev–Trinajstić information content (AvgIpc) is 2.91. The highest BCUT2D eigenvalue weighted by molar-refractivity contribution is 6.00. The van der Waals surface area contributed by atoms with Gasteiger partial charge in [-0.25, -0.2) is 9.18 Å². The Balaban J connectivity index is 1.99. The number of anilines is 2. The molecule has 0 aliphatic carbocycles. The van der Waals surface area contributed by atoms with E-state index in [1.54, 1.807) is 10.9 Å². The Labute approximate surface area is 115 Å². The number of aryl methyl sites for hydroxylation is 1. The third-order valence-electron chi connectivity index (χ3n) is 2.84. The Morgan fingerprint density at radius 1 is 1.50 bits per heavy atom. The van der Waals surface area contributed by atoms with Crippen molar-refractivity contribution in [2.24, 2.45) is 0 Å². The van der Waals surface area contributed by atoms with Crippen molar-refractivity contribution in [1.82, 2.24) is 9.78 Å². The van der Waals surface area contributed by atoms with E-state index in [9.17, 15) is 9.18 Å². The molecule has 4 N–H and O–H groups in total. The van der Waals surface area contributed by atoms with E-state index >= 15 is 0 Å². The van der Waals surface area contributed by atoms with Crippen LogP contribution in [0.4, 0.5) is 15.8 Å². The van der Waals surface area contributed by atoms with E-state index in [1.807, 2.05) is 12.3 Å².